The SMILES string of the molecule is COc1c(Cl)cc(Cl)c2oc(C(=O)Nc3ccc(-c4ccc(N(C(C(=O)O)C(C)C)S(=O)O)cc4)cc3)c(C)c12. The first-order valence-corrected chi connectivity index (χ1v) is 13.9. The van der Waals surface area contributed by atoms with E-state index < -0.39 is 35.1 Å². The minimum atomic E-state index is -2.53. The van der Waals surface area contributed by atoms with Crippen molar-refractivity contribution in [1.82, 2.24) is 0 Å². The van der Waals surface area contributed by atoms with Crippen LogP contribution in [0.15, 0.2) is 59.0 Å². The molecule has 9 nitrogen and oxygen atoms in total. The molecule has 12 heteroatoms. The smallest absolute Gasteiger partial charge is 0.327 e. The number of furan rings is 1. The average molecular weight is 605 g/mol. The first-order chi connectivity index (χ1) is 18.9. The standard InChI is InChI=1S/C28H26Cl2N2O7S/c1-14(2)23(28(34)35)32(40(36)37)19-11-7-17(8-12-19)16-5-9-18(10-6-16)31-27(33)24-15(3)22-25(38-4)20(29)13-21(30)26(22)39-24/h5-14,23H,1-4H3,(H,31,33)(H,34,35)(H,36,37). The number of anilines is 2. The minimum Gasteiger partial charge on any atom is -0.494 e. The molecule has 0 saturated heterocycles. The van der Waals surface area contributed by atoms with Crippen molar-refractivity contribution in [2.45, 2.75) is 26.8 Å². The third-order valence-electron chi connectivity index (χ3n) is 6.37. The molecule has 3 aromatic carbocycles. The summed E-state index contributed by atoms with van der Waals surface area (Å²) >= 11 is 9.99. The van der Waals surface area contributed by atoms with Gasteiger partial charge >= 0.3 is 5.97 Å². The number of nitrogens with one attached hydrogen (secondary N) is 1. The number of hydrogen-bond acceptors (Lipinski definition) is 5. The Labute approximate surface area is 243 Å². The van der Waals surface area contributed by atoms with E-state index in [1.807, 2.05) is 0 Å². The van der Waals surface area contributed by atoms with E-state index in [1.165, 1.54) is 13.2 Å². The number of carbonyl (C=O) groups excluding carboxylic acids is 1. The van der Waals surface area contributed by atoms with Crippen LogP contribution in [0.2, 0.25) is 10.0 Å². The predicted molar refractivity (Wildman–Crippen MR) is 157 cm³/mol. The zero-order chi connectivity index (χ0) is 29.3. The molecule has 0 radical (unpaired) electrons. The lowest BCUT2D eigenvalue weighted by Crippen LogP contribution is -2.45. The average Bonchev–Trinajstić information content (AvgIpc) is 3.25. The molecule has 0 bridgehead atoms. The van der Waals surface area contributed by atoms with Crippen molar-refractivity contribution in [1.29, 1.82) is 0 Å². The van der Waals surface area contributed by atoms with Crippen LogP contribution in [-0.2, 0) is 16.1 Å². The fourth-order valence-corrected chi connectivity index (χ4v) is 5.88. The summed E-state index contributed by atoms with van der Waals surface area (Å²) in [6.45, 7) is 5.06. The number of carboxylic acids is 1. The van der Waals surface area contributed by atoms with Crippen molar-refractivity contribution in [3.05, 3.63) is 76.0 Å². The first-order valence-electron chi connectivity index (χ1n) is 12.0. The normalized spacial score (nSPS) is 12.8. The second-order valence-corrected chi connectivity index (χ2v) is 11.0. The van der Waals surface area contributed by atoms with Gasteiger partial charge in [-0.15, -0.1) is 0 Å². The second kappa shape index (κ2) is 11.9. The van der Waals surface area contributed by atoms with Gasteiger partial charge in [-0.3, -0.25) is 13.7 Å². The Balaban J connectivity index is 1.55. The summed E-state index contributed by atoms with van der Waals surface area (Å²) in [6, 6.07) is 14.0. The van der Waals surface area contributed by atoms with Crippen molar-refractivity contribution in [2.24, 2.45) is 5.92 Å². The lowest BCUT2D eigenvalue weighted by atomic mass is 10.0. The molecule has 0 fully saturated rings. The molecule has 0 aliphatic heterocycles. The van der Waals surface area contributed by atoms with E-state index in [4.69, 9.17) is 32.4 Å². The van der Waals surface area contributed by atoms with E-state index in [9.17, 15) is 23.5 Å². The Bertz CT molecular complexity index is 1600. The van der Waals surface area contributed by atoms with E-state index >= 15 is 0 Å². The molecule has 1 heterocycles. The van der Waals surface area contributed by atoms with Gasteiger partial charge in [-0.2, -0.15) is 0 Å². The predicted octanol–water partition coefficient (Wildman–Crippen LogP) is 7.03. The van der Waals surface area contributed by atoms with E-state index in [-0.39, 0.29) is 10.8 Å². The summed E-state index contributed by atoms with van der Waals surface area (Å²) < 4.78 is 33.9. The van der Waals surface area contributed by atoms with Gasteiger partial charge in [0.2, 0.25) is 0 Å². The van der Waals surface area contributed by atoms with Gasteiger partial charge in [0.05, 0.1) is 28.2 Å². The van der Waals surface area contributed by atoms with Gasteiger partial charge in [-0.1, -0.05) is 61.3 Å². The van der Waals surface area contributed by atoms with Crippen molar-refractivity contribution in [3.8, 4) is 16.9 Å². The molecule has 0 saturated carbocycles. The summed E-state index contributed by atoms with van der Waals surface area (Å²) in [5, 5.41) is 13.5. The molecule has 0 aliphatic rings. The first kappa shape index (κ1) is 29.4. The topological polar surface area (TPSA) is 129 Å². The zero-order valence-corrected chi connectivity index (χ0v) is 24.2. The number of rotatable bonds is 9. The highest BCUT2D eigenvalue weighted by Gasteiger charge is 2.33. The molecule has 0 aliphatic carbocycles. The Morgan fingerprint density at radius 1 is 1.02 bits per heavy atom. The maximum atomic E-state index is 13.0. The zero-order valence-electron chi connectivity index (χ0n) is 21.9. The van der Waals surface area contributed by atoms with E-state index in [0.29, 0.717) is 38.7 Å². The molecule has 1 amide bonds. The Hall–Kier alpha value is -3.57. The molecule has 2 atom stereocenters. The Kier molecular flexibility index (Phi) is 8.74. The molecule has 210 valence electrons. The number of methoxy groups -OCH3 is 1. The lowest BCUT2D eigenvalue weighted by Gasteiger charge is -2.29. The lowest BCUT2D eigenvalue weighted by molar-refractivity contribution is -0.139. The van der Waals surface area contributed by atoms with Crippen molar-refractivity contribution in [2.75, 3.05) is 16.7 Å². The number of benzene rings is 3. The van der Waals surface area contributed by atoms with Gasteiger partial charge in [0.15, 0.2) is 11.3 Å². The molecule has 0 spiro atoms. The van der Waals surface area contributed by atoms with Gasteiger partial charge in [0.1, 0.15) is 11.8 Å². The van der Waals surface area contributed by atoms with Gasteiger partial charge in [0.25, 0.3) is 17.2 Å². The number of ether oxygens (including phenoxy) is 1. The summed E-state index contributed by atoms with van der Waals surface area (Å²) in [6.07, 6.45) is 0. The van der Waals surface area contributed by atoms with Gasteiger partial charge in [0, 0.05) is 11.3 Å². The van der Waals surface area contributed by atoms with Crippen LogP contribution in [0.5, 0.6) is 5.75 Å². The fraction of sp³-hybridized carbons (Fsp3) is 0.214. The molecule has 1 aromatic heterocycles. The van der Waals surface area contributed by atoms with Crippen molar-refractivity contribution in [3.63, 3.8) is 0 Å². The number of carboxylic acid groups (broad SMARTS) is 1. The molecular formula is C28H26Cl2N2O7S. The summed E-state index contributed by atoms with van der Waals surface area (Å²) in [4.78, 5) is 24.8. The monoisotopic (exact) mass is 604 g/mol. The number of aliphatic carboxylic acids is 1. The number of carbonyl (C=O) groups is 2. The molecule has 4 rings (SSSR count). The number of hydrogen-bond donors (Lipinski definition) is 3. The Morgan fingerprint density at radius 3 is 2.10 bits per heavy atom. The van der Waals surface area contributed by atoms with Crippen LogP contribution in [0, 0.1) is 12.8 Å². The molecule has 40 heavy (non-hydrogen) atoms. The number of fused-ring (bicyclic) bond motifs is 1. The van der Waals surface area contributed by atoms with Crippen molar-refractivity contribution < 1.29 is 32.6 Å². The van der Waals surface area contributed by atoms with Gasteiger partial charge < -0.3 is 19.6 Å². The molecule has 4 aromatic rings. The second-order valence-electron chi connectivity index (χ2n) is 9.30. The summed E-state index contributed by atoms with van der Waals surface area (Å²) in [7, 11) is 1.47. The van der Waals surface area contributed by atoms with Crippen LogP contribution in [0.4, 0.5) is 11.4 Å². The summed E-state index contributed by atoms with van der Waals surface area (Å²) in [5.41, 5.74) is 3.25. The fourth-order valence-electron chi connectivity index (χ4n) is 4.47. The number of aryl methyl sites for hydroxylation is 1. The van der Waals surface area contributed by atoms with Crippen LogP contribution in [0.3, 0.4) is 0 Å². The number of halogens is 2. The molecule has 2 unspecified atom stereocenters. The minimum absolute atomic E-state index is 0.0732. The van der Waals surface area contributed by atoms with E-state index in [1.54, 1.807) is 69.3 Å². The van der Waals surface area contributed by atoms with E-state index in [2.05, 4.69) is 5.32 Å². The van der Waals surface area contributed by atoms with Crippen molar-refractivity contribution >= 4 is 68.7 Å². The highest BCUT2D eigenvalue weighted by atomic mass is 35.5. The number of amides is 1. The molecular weight excluding hydrogens is 579 g/mol. The maximum absolute atomic E-state index is 13.0. The highest BCUT2D eigenvalue weighted by molar-refractivity contribution is 7.80. The van der Waals surface area contributed by atoms with Crippen LogP contribution in [-0.4, -0.2) is 38.9 Å². The van der Waals surface area contributed by atoms with Gasteiger partial charge in [-0.25, -0.2) is 9.00 Å². The van der Waals surface area contributed by atoms with Gasteiger partial charge in [-0.05, 0) is 54.3 Å². The maximum Gasteiger partial charge on any atom is 0.327 e. The third-order valence-corrected chi connectivity index (χ3v) is 7.71. The Morgan fingerprint density at radius 2 is 1.60 bits per heavy atom. The van der Waals surface area contributed by atoms with Crippen LogP contribution in [0.1, 0.15) is 30.0 Å². The highest BCUT2D eigenvalue weighted by Crippen LogP contribution is 2.42. The van der Waals surface area contributed by atoms with Crippen LogP contribution >= 0.6 is 23.2 Å². The van der Waals surface area contributed by atoms with Crippen LogP contribution < -0.4 is 14.4 Å². The van der Waals surface area contributed by atoms with Crippen LogP contribution in [0.25, 0.3) is 22.1 Å². The third kappa shape index (κ3) is 5.66. The largest absolute Gasteiger partial charge is 0.494 e. The van der Waals surface area contributed by atoms with E-state index in [0.717, 1.165) is 15.4 Å². The quantitative estimate of drug-likeness (QED) is 0.175. The molecule has 3 N–H and O–H groups in total. The number of nitrogens with zero attached hydrogens (tertiary/aromatic N) is 1. The summed E-state index contributed by atoms with van der Waals surface area (Å²) in [5.74, 6) is -1.63.